The minimum atomic E-state index is -0.647. The third kappa shape index (κ3) is 4.03. The van der Waals surface area contributed by atoms with Gasteiger partial charge in [-0.05, 0) is 25.0 Å². The molecular weight excluding hydrogens is 396 g/mol. The summed E-state index contributed by atoms with van der Waals surface area (Å²) < 4.78 is 6.36. The van der Waals surface area contributed by atoms with Crippen LogP contribution in [-0.4, -0.2) is 26.8 Å². The summed E-state index contributed by atoms with van der Waals surface area (Å²) >= 11 is 1.55. The van der Waals surface area contributed by atoms with Gasteiger partial charge in [-0.15, -0.1) is 10.2 Å². The fourth-order valence-corrected chi connectivity index (χ4v) is 4.08. The van der Waals surface area contributed by atoms with Gasteiger partial charge in [0.2, 0.25) is 23.2 Å². The average Bonchev–Trinajstić information content (AvgIpc) is 2.87. The summed E-state index contributed by atoms with van der Waals surface area (Å²) in [6.07, 6.45) is -0.647. The number of amides is 1. The van der Waals surface area contributed by atoms with E-state index in [4.69, 9.17) is 4.74 Å². The van der Waals surface area contributed by atoms with E-state index in [-0.39, 0.29) is 5.91 Å². The maximum absolute atomic E-state index is 12.8. The van der Waals surface area contributed by atoms with Crippen molar-refractivity contribution < 1.29 is 9.53 Å². The van der Waals surface area contributed by atoms with Crippen LogP contribution in [-0.2, 0) is 4.79 Å². The third-order valence-electron chi connectivity index (χ3n) is 4.73. The lowest BCUT2D eigenvalue weighted by molar-refractivity contribution is -0.118. The van der Waals surface area contributed by atoms with Gasteiger partial charge in [0, 0.05) is 23.8 Å². The third-order valence-corrected chi connectivity index (χ3v) is 5.99. The number of fused-ring (bicyclic) bond motifs is 3. The van der Waals surface area contributed by atoms with E-state index >= 15 is 0 Å². The molecule has 1 atom stereocenters. The first kappa shape index (κ1) is 20.3. The van der Waals surface area contributed by atoms with E-state index in [2.05, 4.69) is 29.0 Å². The number of nitrogens with zero attached hydrogens (tertiary/aromatic N) is 4. The van der Waals surface area contributed by atoms with Gasteiger partial charge in [-0.2, -0.15) is 4.98 Å². The van der Waals surface area contributed by atoms with Gasteiger partial charge in [-0.25, -0.2) is 0 Å². The lowest BCUT2D eigenvalue weighted by Crippen LogP contribution is -2.36. The van der Waals surface area contributed by atoms with Crippen molar-refractivity contribution in [2.24, 2.45) is 5.92 Å². The summed E-state index contributed by atoms with van der Waals surface area (Å²) in [5.74, 6) is 1.66. The van der Waals surface area contributed by atoms with Crippen LogP contribution in [0, 0.1) is 12.8 Å². The van der Waals surface area contributed by atoms with Crippen LogP contribution in [0.4, 0.5) is 5.69 Å². The van der Waals surface area contributed by atoms with Gasteiger partial charge in [0.15, 0.2) is 5.69 Å². The van der Waals surface area contributed by atoms with E-state index < -0.39 is 6.23 Å². The van der Waals surface area contributed by atoms with Gasteiger partial charge in [-0.3, -0.25) is 9.69 Å². The smallest absolute Gasteiger partial charge is 0.247 e. The summed E-state index contributed by atoms with van der Waals surface area (Å²) in [4.78, 5) is 19.1. The molecule has 0 fully saturated rings. The summed E-state index contributed by atoms with van der Waals surface area (Å²) in [6.45, 7) is 7.85. The molecule has 1 amide bonds. The molecule has 6 nitrogen and oxygen atoms in total. The van der Waals surface area contributed by atoms with Crippen molar-refractivity contribution in [3.63, 3.8) is 0 Å². The number of rotatable bonds is 4. The van der Waals surface area contributed by atoms with Crippen molar-refractivity contribution in [2.75, 3.05) is 10.7 Å². The zero-order valence-electron chi connectivity index (χ0n) is 17.5. The molecule has 0 saturated heterocycles. The molecule has 0 saturated carbocycles. The molecule has 1 aliphatic rings. The maximum Gasteiger partial charge on any atom is 0.247 e. The molecule has 1 aromatic heterocycles. The zero-order valence-corrected chi connectivity index (χ0v) is 18.3. The van der Waals surface area contributed by atoms with Crippen LogP contribution in [0.2, 0.25) is 0 Å². The van der Waals surface area contributed by atoms with E-state index in [9.17, 15) is 4.79 Å². The Labute approximate surface area is 180 Å². The van der Waals surface area contributed by atoms with E-state index in [1.807, 2.05) is 55.5 Å². The Balaban J connectivity index is 1.89. The molecule has 2 heterocycles. The molecule has 7 heteroatoms. The van der Waals surface area contributed by atoms with E-state index in [0.717, 1.165) is 28.1 Å². The number of benzene rings is 2. The van der Waals surface area contributed by atoms with Crippen LogP contribution in [0.3, 0.4) is 0 Å². The second-order valence-corrected chi connectivity index (χ2v) is 8.73. The second-order valence-electron chi connectivity index (χ2n) is 7.74. The molecule has 0 bridgehead atoms. The SMILES string of the molecule is CC(=O)N1c2ccc(C)cc2-c2nnc(SCC(C)C)nc2OC1c1ccccc1. The number of ether oxygens (including phenoxy) is 1. The fourth-order valence-electron chi connectivity index (χ4n) is 3.36. The molecule has 0 spiro atoms. The molecule has 30 heavy (non-hydrogen) atoms. The number of carbonyl (C=O) groups excluding carboxylic acids is 1. The predicted molar refractivity (Wildman–Crippen MR) is 119 cm³/mol. The van der Waals surface area contributed by atoms with Gasteiger partial charge in [-0.1, -0.05) is 67.6 Å². The van der Waals surface area contributed by atoms with Crippen LogP contribution in [0.25, 0.3) is 11.3 Å². The van der Waals surface area contributed by atoms with Crippen LogP contribution in [0.1, 0.15) is 38.1 Å². The maximum atomic E-state index is 12.8. The summed E-state index contributed by atoms with van der Waals surface area (Å²) in [7, 11) is 0. The number of aromatic nitrogens is 3. The highest BCUT2D eigenvalue weighted by Gasteiger charge is 2.34. The molecule has 1 aliphatic heterocycles. The quantitative estimate of drug-likeness (QED) is 0.551. The average molecular weight is 421 g/mol. The number of hydrogen-bond donors (Lipinski definition) is 0. The van der Waals surface area contributed by atoms with Gasteiger partial charge in [0.1, 0.15) is 0 Å². The normalized spacial score (nSPS) is 15.2. The molecule has 0 aliphatic carbocycles. The first-order chi connectivity index (χ1) is 14.4. The molecule has 0 N–H and O–H groups in total. The predicted octanol–water partition coefficient (Wildman–Crippen LogP) is 5.04. The number of thioether (sulfide) groups is 1. The number of anilines is 1. The Morgan fingerprint density at radius 1 is 1.17 bits per heavy atom. The molecule has 3 aromatic rings. The van der Waals surface area contributed by atoms with Gasteiger partial charge < -0.3 is 4.74 Å². The van der Waals surface area contributed by atoms with Crippen molar-refractivity contribution in [3.8, 4) is 17.1 Å². The van der Waals surface area contributed by atoms with Crippen LogP contribution in [0.5, 0.6) is 5.88 Å². The fraction of sp³-hybridized carbons (Fsp3) is 0.304. The first-order valence-corrected chi connectivity index (χ1v) is 10.9. The first-order valence-electron chi connectivity index (χ1n) is 9.94. The van der Waals surface area contributed by atoms with Crippen molar-refractivity contribution in [2.45, 2.75) is 39.1 Å². The highest BCUT2D eigenvalue weighted by atomic mass is 32.2. The van der Waals surface area contributed by atoms with E-state index in [0.29, 0.717) is 22.6 Å². The molecular formula is C23H24N4O2S. The Kier molecular flexibility index (Phi) is 5.72. The number of carbonyl (C=O) groups is 1. The van der Waals surface area contributed by atoms with Crippen molar-refractivity contribution in [3.05, 3.63) is 59.7 Å². The lowest BCUT2D eigenvalue weighted by Gasteiger charge is -2.30. The Morgan fingerprint density at radius 2 is 1.93 bits per heavy atom. The van der Waals surface area contributed by atoms with Crippen molar-refractivity contribution in [1.82, 2.24) is 15.2 Å². The van der Waals surface area contributed by atoms with Crippen LogP contribution in [0.15, 0.2) is 53.7 Å². The minimum Gasteiger partial charge on any atom is -0.447 e. The van der Waals surface area contributed by atoms with Crippen LogP contribution >= 0.6 is 11.8 Å². The summed E-state index contributed by atoms with van der Waals surface area (Å²) in [5.41, 5.74) is 3.99. The topological polar surface area (TPSA) is 68.2 Å². The Hall–Kier alpha value is -2.93. The zero-order chi connectivity index (χ0) is 21.3. The Bertz CT molecular complexity index is 1070. The van der Waals surface area contributed by atoms with Crippen LogP contribution < -0.4 is 9.64 Å². The molecule has 0 radical (unpaired) electrons. The highest BCUT2D eigenvalue weighted by Crippen LogP contribution is 2.43. The van der Waals surface area contributed by atoms with Crippen molar-refractivity contribution >= 4 is 23.4 Å². The number of hydrogen-bond acceptors (Lipinski definition) is 6. The van der Waals surface area contributed by atoms with E-state index in [1.54, 1.807) is 23.6 Å². The Morgan fingerprint density at radius 3 is 2.63 bits per heavy atom. The lowest BCUT2D eigenvalue weighted by atomic mass is 10.0. The molecule has 154 valence electrons. The highest BCUT2D eigenvalue weighted by molar-refractivity contribution is 7.99. The monoisotopic (exact) mass is 420 g/mol. The van der Waals surface area contributed by atoms with Gasteiger partial charge in [0.25, 0.3) is 0 Å². The standard InChI is InChI=1S/C23H24N4O2S/c1-14(2)13-30-23-24-21-20(25-26-23)18-12-15(3)10-11-19(18)27(16(4)28)22(29-21)17-8-6-5-7-9-17/h5-12,14,22H,13H2,1-4H3. The summed E-state index contributed by atoms with van der Waals surface area (Å²) in [6, 6.07) is 15.6. The summed E-state index contributed by atoms with van der Waals surface area (Å²) in [5, 5.41) is 9.35. The number of aryl methyl sites for hydroxylation is 1. The second kappa shape index (κ2) is 8.44. The van der Waals surface area contributed by atoms with Gasteiger partial charge >= 0.3 is 0 Å². The van der Waals surface area contributed by atoms with Gasteiger partial charge in [0.05, 0.1) is 5.69 Å². The molecule has 4 rings (SSSR count). The largest absolute Gasteiger partial charge is 0.447 e. The van der Waals surface area contributed by atoms with Crippen molar-refractivity contribution in [1.29, 1.82) is 0 Å². The molecule has 2 aromatic carbocycles. The minimum absolute atomic E-state index is 0.121. The molecule has 1 unspecified atom stereocenters. The van der Waals surface area contributed by atoms with E-state index in [1.165, 1.54) is 0 Å².